The molecule has 8 heteroatoms. The van der Waals surface area contributed by atoms with Gasteiger partial charge >= 0.3 is 5.69 Å². The number of anilines is 1. The molecule has 0 amide bonds. The standard InChI is InChI=1S/C13H10FNO3.C13H12FNO/c14-12-8-11(6-7-13(12)15(16)17)18-9-10-4-2-1-3-5-10;14-12-8-11(6-7-13(12)15)16-9-10-4-2-1-3-5-10/h1-8H,9H2;1-8H,9,15H2. The van der Waals surface area contributed by atoms with Gasteiger partial charge in [0.15, 0.2) is 0 Å². The van der Waals surface area contributed by atoms with Crippen LogP contribution in [0.2, 0.25) is 0 Å². The van der Waals surface area contributed by atoms with Crippen molar-refractivity contribution in [2.75, 3.05) is 5.73 Å². The number of benzene rings is 4. The highest BCUT2D eigenvalue weighted by Gasteiger charge is 2.14. The van der Waals surface area contributed by atoms with E-state index in [1.807, 2.05) is 60.7 Å². The van der Waals surface area contributed by atoms with Crippen LogP contribution in [0.1, 0.15) is 11.1 Å². The molecule has 0 aliphatic carbocycles. The number of rotatable bonds is 7. The highest BCUT2D eigenvalue weighted by Crippen LogP contribution is 2.23. The van der Waals surface area contributed by atoms with Crippen molar-refractivity contribution in [3.05, 3.63) is 130 Å². The summed E-state index contributed by atoms with van der Waals surface area (Å²) in [5.41, 5.74) is 6.93. The maximum absolute atomic E-state index is 13.3. The second-order valence-corrected chi connectivity index (χ2v) is 7.10. The van der Waals surface area contributed by atoms with Crippen molar-refractivity contribution < 1.29 is 23.2 Å². The van der Waals surface area contributed by atoms with Crippen LogP contribution in [0.25, 0.3) is 0 Å². The zero-order valence-corrected chi connectivity index (χ0v) is 18.1. The summed E-state index contributed by atoms with van der Waals surface area (Å²) in [6.07, 6.45) is 0. The summed E-state index contributed by atoms with van der Waals surface area (Å²) < 4.78 is 37.2. The van der Waals surface area contributed by atoms with Crippen LogP contribution in [0.15, 0.2) is 97.1 Å². The Labute approximate surface area is 195 Å². The third-order valence-electron chi connectivity index (χ3n) is 4.58. The first-order valence-corrected chi connectivity index (χ1v) is 10.2. The summed E-state index contributed by atoms with van der Waals surface area (Å²) >= 11 is 0. The van der Waals surface area contributed by atoms with Gasteiger partial charge in [0, 0.05) is 18.2 Å². The van der Waals surface area contributed by atoms with E-state index in [2.05, 4.69) is 0 Å². The van der Waals surface area contributed by atoms with Crippen LogP contribution in [0, 0.1) is 21.7 Å². The van der Waals surface area contributed by atoms with Gasteiger partial charge in [-0.15, -0.1) is 0 Å². The van der Waals surface area contributed by atoms with Gasteiger partial charge in [-0.1, -0.05) is 60.7 Å². The van der Waals surface area contributed by atoms with Gasteiger partial charge in [0.05, 0.1) is 10.6 Å². The van der Waals surface area contributed by atoms with Crippen molar-refractivity contribution in [1.29, 1.82) is 0 Å². The molecule has 0 heterocycles. The summed E-state index contributed by atoms with van der Waals surface area (Å²) in [5.74, 6) is -0.603. The van der Waals surface area contributed by atoms with Gasteiger partial charge in [-0.05, 0) is 29.3 Å². The first-order valence-electron chi connectivity index (χ1n) is 10.2. The fourth-order valence-corrected chi connectivity index (χ4v) is 2.80. The van der Waals surface area contributed by atoms with Crippen LogP contribution in [-0.4, -0.2) is 4.92 Å². The highest BCUT2D eigenvalue weighted by atomic mass is 19.1. The normalized spacial score (nSPS) is 10.1. The molecule has 0 saturated carbocycles. The van der Waals surface area contributed by atoms with Crippen molar-refractivity contribution >= 4 is 11.4 Å². The predicted octanol–water partition coefficient (Wildman–Crippen LogP) is 6.30. The Morgan fingerprint density at radius 2 is 1.18 bits per heavy atom. The van der Waals surface area contributed by atoms with Crippen LogP contribution in [-0.2, 0) is 13.2 Å². The Kier molecular flexibility index (Phi) is 8.51. The van der Waals surface area contributed by atoms with Gasteiger partial charge in [-0.25, -0.2) is 4.39 Å². The molecule has 0 aliphatic heterocycles. The molecule has 0 bridgehead atoms. The van der Waals surface area contributed by atoms with Gasteiger partial charge < -0.3 is 15.2 Å². The molecule has 0 fully saturated rings. The minimum Gasteiger partial charge on any atom is -0.489 e. The fraction of sp³-hybridized carbons (Fsp3) is 0.0769. The molecule has 4 aromatic carbocycles. The van der Waals surface area contributed by atoms with E-state index in [0.717, 1.165) is 23.3 Å². The maximum Gasteiger partial charge on any atom is 0.305 e. The Bertz CT molecular complexity index is 1220. The van der Waals surface area contributed by atoms with Crippen molar-refractivity contribution in [2.24, 2.45) is 0 Å². The molecule has 0 aliphatic rings. The van der Waals surface area contributed by atoms with Crippen LogP contribution in [0.3, 0.4) is 0 Å². The van der Waals surface area contributed by atoms with Gasteiger partial charge in [-0.2, -0.15) is 4.39 Å². The van der Waals surface area contributed by atoms with E-state index in [1.165, 1.54) is 18.2 Å². The molecule has 0 aromatic heterocycles. The topological polar surface area (TPSA) is 87.6 Å². The molecule has 0 radical (unpaired) electrons. The van der Waals surface area contributed by atoms with Gasteiger partial charge in [-0.3, -0.25) is 10.1 Å². The molecule has 2 N–H and O–H groups in total. The largest absolute Gasteiger partial charge is 0.489 e. The molecule has 4 aromatic rings. The number of nitro benzene ring substituents is 1. The van der Waals surface area contributed by atoms with Gasteiger partial charge in [0.25, 0.3) is 0 Å². The van der Waals surface area contributed by atoms with Gasteiger partial charge in [0.2, 0.25) is 5.82 Å². The van der Waals surface area contributed by atoms with Crippen molar-refractivity contribution in [1.82, 2.24) is 0 Å². The summed E-state index contributed by atoms with van der Waals surface area (Å²) in [6, 6.07) is 27.0. The lowest BCUT2D eigenvalue weighted by molar-refractivity contribution is -0.387. The molecular formula is C26H22F2N2O4. The molecule has 34 heavy (non-hydrogen) atoms. The van der Waals surface area contributed by atoms with E-state index in [1.54, 1.807) is 6.07 Å². The molecule has 0 spiro atoms. The number of nitrogen functional groups attached to an aromatic ring is 1. The monoisotopic (exact) mass is 464 g/mol. The number of ether oxygens (including phenoxy) is 2. The fourth-order valence-electron chi connectivity index (χ4n) is 2.80. The quantitative estimate of drug-likeness (QED) is 0.197. The Hall–Kier alpha value is -4.46. The zero-order chi connectivity index (χ0) is 24.3. The lowest BCUT2D eigenvalue weighted by Crippen LogP contribution is -1.97. The van der Waals surface area contributed by atoms with E-state index < -0.39 is 22.2 Å². The first kappa shape index (κ1) is 24.2. The lowest BCUT2D eigenvalue weighted by atomic mass is 10.2. The molecule has 174 valence electrons. The summed E-state index contributed by atoms with van der Waals surface area (Å²) in [5, 5.41) is 10.4. The van der Waals surface area contributed by atoms with E-state index in [9.17, 15) is 18.9 Å². The molecular weight excluding hydrogens is 442 g/mol. The second kappa shape index (κ2) is 12.0. The second-order valence-electron chi connectivity index (χ2n) is 7.10. The third kappa shape index (κ3) is 7.30. The van der Waals surface area contributed by atoms with E-state index in [-0.39, 0.29) is 18.0 Å². The minimum absolute atomic E-state index is 0.132. The summed E-state index contributed by atoms with van der Waals surface area (Å²) in [6.45, 7) is 0.711. The molecule has 0 unspecified atom stereocenters. The number of halogens is 2. The predicted molar refractivity (Wildman–Crippen MR) is 125 cm³/mol. The Morgan fingerprint density at radius 1 is 0.706 bits per heavy atom. The smallest absolute Gasteiger partial charge is 0.305 e. The van der Waals surface area contributed by atoms with E-state index in [0.29, 0.717) is 12.4 Å². The van der Waals surface area contributed by atoms with Crippen LogP contribution >= 0.6 is 0 Å². The number of hydrogen-bond acceptors (Lipinski definition) is 5. The van der Waals surface area contributed by atoms with Crippen molar-refractivity contribution in [2.45, 2.75) is 13.2 Å². The maximum atomic E-state index is 13.3. The van der Waals surface area contributed by atoms with E-state index in [4.69, 9.17) is 15.2 Å². The SMILES string of the molecule is Nc1ccc(OCc2ccccc2)cc1F.O=[N+]([O-])c1ccc(OCc2ccccc2)cc1F. The zero-order valence-electron chi connectivity index (χ0n) is 18.1. The van der Waals surface area contributed by atoms with Crippen molar-refractivity contribution in [3.8, 4) is 11.5 Å². The number of nitrogens with two attached hydrogens (primary N) is 1. The summed E-state index contributed by atoms with van der Waals surface area (Å²) in [7, 11) is 0. The first-order chi connectivity index (χ1) is 16.4. The van der Waals surface area contributed by atoms with Crippen LogP contribution in [0.5, 0.6) is 11.5 Å². The van der Waals surface area contributed by atoms with E-state index >= 15 is 0 Å². The summed E-state index contributed by atoms with van der Waals surface area (Å²) in [4.78, 5) is 9.67. The van der Waals surface area contributed by atoms with Crippen LogP contribution < -0.4 is 15.2 Å². The average Bonchev–Trinajstić information content (AvgIpc) is 2.85. The Morgan fingerprint density at radius 3 is 1.62 bits per heavy atom. The minimum atomic E-state index is -0.898. The molecule has 6 nitrogen and oxygen atoms in total. The number of nitro groups is 1. The molecule has 0 saturated heterocycles. The third-order valence-corrected chi connectivity index (χ3v) is 4.58. The average molecular weight is 464 g/mol. The van der Waals surface area contributed by atoms with Crippen LogP contribution in [0.4, 0.5) is 20.2 Å². The number of hydrogen-bond donors (Lipinski definition) is 1. The highest BCUT2D eigenvalue weighted by molar-refractivity contribution is 5.43. The molecule has 4 rings (SSSR count). The Balaban J connectivity index is 0.000000192. The van der Waals surface area contributed by atoms with Gasteiger partial charge in [0.1, 0.15) is 30.5 Å². The number of nitrogens with zero attached hydrogens (tertiary/aromatic N) is 1. The van der Waals surface area contributed by atoms with Crippen molar-refractivity contribution in [3.63, 3.8) is 0 Å². The lowest BCUT2D eigenvalue weighted by Gasteiger charge is -2.06. The molecule has 0 atom stereocenters.